The lowest BCUT2D eigenvalue weighted by molar-refractivity contribution is -0.139. The molecule has 16 heavy (non-hydrogen) atoms. The van der Waals surface area contributed by atoms with E-state index in [0.29, 0.717) is 5.75 Å². The Hall–Kier alpha value is -1.63. The Bertz CT molecular complexity index is 393. The van der Waals surface area contributed by atoms with Crippen molar-refractivity contribution in [3.63, 3.8) is 0 Å². The van der Waals surface area contributed by atoms with Gasteiger partial charge < -0.3 is 15.2 Å². The number of ether oxygens (including phenoxy) is 1. The number of nitrogens with one attached hydrogen (secondary N) is 1. The molecule has 1 unspecified atom stereocenters. The van der Waals surface area contributed by atoms with Gasteiger partial charge in [0.05, 0.1) is 7.11 Å². The normalized spacial score (nSPS) is 11.9. The molecule has 1 heterocycles. The largest absolute Gasteiger partial charge is 0.495 e. The first-order valence-electron chi connectivity index (χ1n) is 4.31. The monoisotopic (exact) mass is 247 g/mol. The van der Waals surface area contributed by atoms with Crippen LogP contribution in [0, 0.1) is 0 Å². The predicted octanol–water partition coefficient (Wildman–Crippen LogP) is 0.909. The topological polar surface area (TPSA) is 75.6 Å². The Morgan fingerprint density at radius 1 is 1.69 bits per heavy atom. The number of rotatable bonds is 5. The summed E-state index contributed by atoms with van der Waals surface area (Å²) in [5, 5.41) is 12.2. The van der Waals surface area contributed by atoms with Crippen LogP contribution in [0.4, 0.5) is 4.39 Å². The second kappa shape index (κ2) is 5.45. The number of carbonyl (C=O) groups excluding carboxylic acids is 1. The summed E-state index contributed by atoms with van der Waals surface area (Å²) < 4.78 is 17.2. The number of amides is 1. The van der Waals surface area contributed by atoms with Crippen LogP contribution in [-0.2, 0) is 4.79 Å². The fourth-order valence-electron chi connectivity index (χ4n) is 1.01. The van der Waals surface area contributed by atoms with Crippen molar-refractivity contribution < 1.29 is 23.8 Å². The number of alkyl halides is 1. The molecule has 1 amide bonds. The molecule has 0 spiro atoms. The highest BCUT2D eigenvalue weighted by molar-refractivity contribution is 7.12. The smallest absolute Gasteiger partial charge is 0.328 e. The summed E-state index contributed by atoms with van der Waals surface area (Å²) in [6, 6.07) is 0.0458. The molecule has 1 rings (SSSR count). The molecule has 1 aromatic rings. The van der Waals surface area contributed by atoms with Gasteiger partial charge in [-0.05, 0) is 11.4 Å². The third-order valence-electron chi connectivity index (χ3n) is 1.81. The first-order valence-corrected chi connectivity index (χ1v) is 5.19. The Morgan fingerprint density at radius 3 is 2.88 bits per heavy atom. The van der Waals surface area contributed by atoms with Crippen LogP contribution < -0.4 is 10.1 Å². The summed E-state index contributed by atoms with van der Waals surface area (Å²) in [7, 11) is 1.39. The summed E-state index contributed by atoms with van der Waals surface area (Å²) in [5.41, 5.74) is 0. The van der Waals surface area contributed by atoms with E-state index in [0.717, 1.165) is 11.3 Å². The van der Waals surface area contributed by atoms with Crippen molar-refractivity contribution in [2.24, 2.45) is 0 Å². The van der Waals surface area contributed by atoms with Crippen LogP contribution in [-0.4, -0.2) is 36.8 Å². The number of halogens is 1. The Morgan fingerprint density at radius 2 is 2.38 bits per heavy atom. The zero-order valence-electron chi connectivity index (χ0n) is 8.40. The van der Waals surface area contributed by atoms with E-state index in [1.165, 1.54) is 7.11 Å². The Balaban J connectivity index is 2.75. The molecule has 0 saturated heterocycles. The Labute approximate surface area is 94.8 Å². The molecule has 0 aliphatic heterocycles. The highest BCUT2D eigenvalue weighted by Crippen LogP contribution is 2.24. The summed E-state index contributed by atoms with van der Waals surface area (Å²) in [5.74, 6) is -1.73. The van der Waals surface area contributed by atoms with Crippen molar-refractivity contribution in [1.29, 1.82) is 0 Å². The van der Waals surface area contributed by atoms with Crippen molar-refractivity contribution in [1.82, 2.24) is 5.32 Å². The van der Waals surface area contributed by atoms with E-state index in [4.69, 9.17) is 9.84 Å². The molecule has 1 atom stereocenters. The SMILES string of the molecule is COc1ccsc1C(=O)NC(CF)C(=O)O. The average molecular weight is 247 g/mol. The van der Waals surface area contributed by atoms with Gasteiger partial charge in [0.25, 0.3) is 5.91 Å². The quantitative estimate of drug-likeness (QED) is 0.811. The van der Waals surface area contributed by atoms with Gasteiger partial charge in [-0.1, -0.05) is 0 Å². The first kappa shape index (κ1) is 12.4. The molecule has 0 aliphatic carbocycles. The molecule has 5 nitrogen and oxygen atoms in total. The fraction of sp³-hybridized carbons (Fsp3) is 0.333. The molecule has 0 aromatic carbocycles. The van der Waals surface area contributed by atoms with Crippen molar-refractivity contribution in [2.75, 3.05) is 13.8 Å². The first-order chi connectivity index (χ1) is 7.60. The van der Waals surface area contributed by atoms with Crippen LogP contribution in [0.1, 0.15) is 9.67 Å². The van der Waals surface area contributed by atoms with E-state index in [1.807, 2.05) is 0 Å². The standard InChI is InChI=1S/C9H10FNO4S/c1-15-6-2-3-16-7(6)8(12)11-5(4-10)9(13)14/h2-3,5H,4H2,1H3,(H,11,12)(H,13,14). The third kappa shape index (κ3) is 2.69. The molecule has 0 bridgehead atoms. The lowest BCUT2D eigenvalue weighted by Crippen LogP contribution is -2.42. The van der Waals surface area contributed by atoms with E-state index < -0.39 is 24.6 Å². The van der Waals surface area contributed by atoms with Gasteiger partial charge >= 0.3 is 5.97 Å². The van der Waals surface area contributed by atoms with Gasteiger partial charge in [0.1, 0.15) is 17.3 Å². The van der Waals surface area contributed by atoms with Gasteiger partial charge in [-0.25, -0.2) is 9.18 Å². The lowest BCUT2D eigenvalue weighted by Gasteiger charge is -2.10. The number of methoxy groups -OCH3 is 1. The molecule has 0 radical (unpaired) electrons. The zero-order chi connectivity index (χ0) is 12.1. The number of hydrogen-bond acceptors (Lipinski definition) is 4. The number of carboxylic acid groups (broad SMARTS) is 1. The summed E-state index contributed by atoms with van der Waals surface area (Å²) in [6.07, 6.45) is 0. The van der Waals surface area contributed by atoms with E-state index in [-0.39, 0.29) is 4.88 Å². The van der Waals surface area contributed by atoms with Crippen molar-refractivity contribution in [2.45, 2.75) is 6.04 Å². The van der Waals surface area contributed by atoms with Gasteiger partial charge in [0.15, 0.2) is 6.04 Å². The van der Waals surface area contributed by atoms with Crippen LogP contribution in [0.25, 0.3) is 0 Å². The predicted molar refractivity (Wildman–Crippen MR) is 55.7 cm³/mol. The Kier molecular flexibility index (Phi) is 4.24. The van der Waals surface area contributed by atoms with E-state index in [1.54, 1.807) is 11.4 Å². The highest BCUT2D eigenvalue weighted by Gasteiger charge is 2.22. The van der Waals surface area contributed by atoms with Gasteiger partial charge in [-0.15, -0.1) is 11.3 Å². The molecule has 88 valence electrons. The maximum atomic E-state index is 12.3. The number of aliphatic carboxylic acids is 1. The van der Waals surface area contributed by atoms with Crippen LogP contribution >= 0.6 is 11.3 Å². The molecular weight excluding hydrogens is 237 g/mol. The van der Waals surface area contributed by atoms with Crippen molar-refractivity contribution >= 4 is 23.2 Å². The van der Waals surface area contributed by atoms with E-state index in [9.17, 15) is 14.0 Å². The van der Waals surface area contributed by atoms with Crippen molar-refractivity contribution in [3.05, 3.63) is 16.3 Å². The molecule has 0 saturated carbocycles. The van der Waals surface area contributed by atoms with E-state index in [2.05, 4.69) is 5.32 Å². The summed E-state index contributed by atoms with van der Waals surface area (Å²) >= 11 is 1.09. The van der Waals surface area contributed by atoms with E-state index >= 15 is 0 Å². The minimum absolute atomic E-state index is 0.224. The van der Waals surface area contributed by atoms with Gasteiger partial charge in [-0.2, -0.15) is 0 Å². The highest BCUT2D eigenvalue weighted by atomic mass is 32.1. The molecule has 7 heteroatoms. The second-order valence-electron chi connectivity index (χ2n) is 2.84. The molecule has 0 aliphatic rings. The van der Waals surface area contributed by atoms with Gasteiger partial charge in [-0.3, -0.25) is 4.79 Å². The average Bonchev–Trinajstić information content (AvgIpc) is 2.72. The fourth-order valence-corrected chi connectivity index (χ4v) is 1.78. The van der Waals surface area contributed by atoms with Crippen LogP contribution in [0.5, 0.6) is 5.75 Å². The number of thiophene rings is 1. The summed E-state index contributed by atoms with van der Waals surface area (Å²) in [6.45, 7) is -1.16. The minimum Gasteiger partial charge on any atom is -0.495 e. The maximum Gasteiger partial charge on any atom is 0.328 e. The zero-order valence-corrected chi connectivity index (χ0v) is 9.21. The lowest BCUT2D eigenvalue weighted by atomic mass is 10.3. The summed E-state index contributed by atoms with van der Waals surface area (Å²) in [4.78, 5) is 22.3. The third-order valence-corrected chi connectivity index (χ3v) is 2.71. The number of carbonyl (C=O) groups is 2. The van der Waals surface area contributed by atoms with Gasteiger partial charge in [0, 0.05) is 0 Å². The minimum atomic E-state index is -1.53. The van der Waals surface area contributed by atoms with Crippen LogP contribution in [0.15, 0.2) is 11.4 Å². The molecule has 1 aromatic heterocycles. The van der Waals surface area contributed by atoms with Crippen LogP contribution in [0.2, 0.25) is 0 Å². The molecule has 2 N–H and O–H groups in total. The molecule has 0 fully saturated rings. The maximum absolute atomic E-state index is 12.3. The number of carboxylic acids is 1. The number of hydrogen-bond donors (Lipinski definition) is 2. The van der Waals surface area contributed by atoms with Crippen molar-refractivity contribution in [3.8, 4) is 5.75 Å². The molecular formula is C9H10FNO4S. The van der Waals surface area contributed by atoms with Gasteiger partial charge in [0.2, 0.25) is 0 Å². The van der Waals surface area contributed by atoms with Crippen LogP contribution in [0.3, 0.4) is 0 Å². The second-order valence-corrected chi connectivity index (χ2v) is 3.75.